The Labute approximate surface area is 109 Å². The van der Waals surface area contributed by atoms with Gasteiger partial charge in [0.2, 0.25) is 0 Å². The molecule has 0 fully saturated rings. The molecule has 1 aliphatic heterocycles. The molecule has 0 saturated carbocycles. The fraction of sp³-hybridized carbons (Fsp3) is 0.455. The molecule has 0 N–H and O–H groups in total. The van der Waals surface area contributed by atoms with Gasteiger partial charge in [0.05, 0.1) is 0 Å². The maximum atomic E-state index is 12.2. The summed E-state index contributed by atoms with van der Waals surface area (Å²) in [5, 5.41) is 0. The van der Waals surface area contributed by atoms with E-state index < -0.39 is 15.5 Å². The van der Waals surface area contributed by atoms with Gasteiger partial charge in [-0.1, -0.05) is 18.2 Å². The average molecular weight is 293 g/mol. The minimum atomic E-state index is -5.49. The Morgan fingerprint density at radius 2 is 2.00 bits per heavy atom. The lowest BCUT2D eigenvalue weighted by atomic mass is 10.0. The zero-order chi connectivity index (χ0) is 14.3. The van der Waals surface area contributed by atoms with E-state index in [9.17, 15) is 21.6 Å². The molecule has 1 aliphatic rings. The van der Waals surface area contributed by atoms with E-state index in [0.29, 0.717) is 0 Å². The Balaban J connectivity index is 2.31. The molecule has 4 nitrogen and oxygen atoms in total. The third kappa shape index (κ3) is 2.78. The molecular formula is C11H12F3N2O2S-. The molecule has 0 radical (unpaired) electrons. The van der Waals surface area contributed by atoms with E-state index in [1.165, 1.54) is 12.1 Å². The molecule has 0 spiro atoms. The van der Waals surface area contributed by atoms with Gasteiger partial charge in [-0.05, 0) is 18.4 Å². The smallest absolute Gasteiger partial charge is 0.483 e. The first-order valence-corrected chi connectivity index (χ1v) is 7.03. The Kier molecular flexibility index (Phi) is 3.38. The van der Waals surface area contributed by atoms with Crippen LogP contribution < -0.4 is 4.90 Å². The molecule has 8 heteroatoms. The first kappa shape index (κ1) is 14.0. The molecule has 1 aromatic carbocycles. The second-order valence-electron chi connectivity index (χ2n) is 4.35. The van der Waals surface area contributed by atoms with Gasteiger partial charge < -0.3 is 9.62 Å². The van der Waals surface area contributed by atoms with Crippen molar-refractivity contribution in [2.45, 2.75) is 18.3 Å². The molecule has 0 bridgehead atoms. The van der Waals surface area contributed by atoms with E-state index in [1.807, 2.05) is 4.90 Å². The van der Waals surface area contributed by atoms with Crippen molar-refractivity contribution in [2.24, 2.45) is 0 Å². The van der Waals surface area contributed by atoms with E-state index in [4.69, 9.17) is 0 Å². The van der Waals surface area contributed by atoms with Crippen LogP contribution in [-0.2, 0) is 16.4 Å². The number of rotatable bonds is 2. The molecule has 0 amide bonds. The van der Waals surface area contributed by atoms with Crippen LogP contribution in [0.5, 0.6) is 0 Å². The molecule has 1 heterocycles. The van der Waals surface area contributed by atoms with Crippen molar-refractivity contribution in [3.63, 3.8) is 0 Å². The molecule has 0 saturated heterocycles. The highest BCUT2D eigenvalue weighted by molar-refractivity contribution is 7.95. The summed E-state index contributed by atoms with van der Waals surface area (Å²) in [5.74, 6) is 0. The zero-order valence-corrected chi connectivity index (χ0v) is 10.9. The first-order valence-electron chi connectivity index (χ1n) is 5.59. The fourth-order valence-electron chi connectivity index (χ4n) is 1.99. The van der Waals surface area contributed by atoms with Crippen LogP contribution in [0.15, 0.2) is 18.2 Å². The Hall–Kier alpha value is -1.44. The minimum Gasteiger partial charge on any atom is -0.569 e. The lowest BCUT2D eigenvalue weighted by Crippen LogP contribution is -2.24. The van der Waals surface area contributed by atoms with Crippen LogP contribution in [0.1, 0.15) is 12.0 Å². The number of nitrogens with zero attached hydrogens (tertiary/aromatic N) is 2. The molecule has 0 unspecified atom stereocenters. The van der Waals surface area contributed by atoms with E-state index in [0.717, 1.165) is 30.6 Å². The molecule has 0 aliphatic carbocycles. The Morgan fingerprint density at radius 1 is 1.32 bits per heavy atom. The van der Waals surface area contributed by atoms with Gasteiger partial charge in [-0.3, -0.25) is 0 Å². The van der Waals surface area contributed by atoms with Gasteiger partial charge in [0.25, 0.3) is 0 Å². The summed E-state index contributed by atoms with van der Waals surface area (Å²) >= 11 is 0. The third-order valence-electron chi connectivity index (χ3n) is 2.94. The predicted octanol–water partition coefficient (Wildman–Crippen LogP) is 2.92. The highest BCUT2D eigenvalue weighted by atomic mass is 32.2. The van der Waals surface area contributed by atoms with E-state index in [2.05, 4.69) is 4.72 Å². The average Bonchev–Trinajstić information content (AvgIpc) is 2.28. The van der Waals surface area contributed by atoms with Crippen molar-refractivity contribution in [1.29, 1.82) is 0 Å². The van der Waals surface area contributed by atoms with Crippen molar-refractivity contribution < 1.29 is 21.6 Å². The topological polar surface area (TPSA) is 51.5 Å². The molecule has 1 aromatic rings. The predicted molar refractivity (Wildman–Crippen MR) is 66.0 cm³/mol. The van der Waals surface area contributed by atoms with Gasteiger partial charge in [0.15, 0.2) is 10.0 Å². The van der Waals surface area contributed by atoms with Crippen molar-refractivity contribution in [3.8, 4) is 0 Å². The number of hydrogen-bond acceptors (Lipinski definition) is 3. The van der Waals surface area contributed by atoms with Gasteiger partial charge in [-0.2, -0.15) is 13.2 Å². The van der Waals surface area contributed by atoms with Crippen LogP contribution >= 0.6 is 0 Å². The molecule has 0 aromatic heterocycles. The van der Waals surface area contributed by atoms with Crippen LogP contribution in [0.3, 0.4) is 0 Å². The Morgan fingerprint density at radius 3 is 2.63 bits per heavy atom. The van der Waals surface area contributed by atoms with Gasteiger partial charge in [0, 0.05) is 19.3 Å². The minimum absolute atomic E-state index is 0.204. The SMILES string of the molecule is CN1CCCc2ccc([N-]S(=O)(=O)C(F)(F)F)cc21. The molecule has 2 rings (SSSR count). The number of alkyl halides is 3. The van der Waals surface area contributed by atoms with Crippen molar-refractivity contribution in [2.75, 3.05) is 18.5 Å². The zero-order valence-electron chi connectivity index (χ0n) is 10.1. The quantitative estimate of drug-likeness (QED) is 0.842. The summed E-state index contributed by atoms with van der Waals surface area (Å²) in [4.78, 5) is 1.87. The van der Waals surface area contributed by atoms with Crippen molar-refractivity contribution in [1.82, 2.24) is 0 Å². The monoisotopic (exact) mass is 293 g/mol. The van der Waals surface area contributed by atoms with Crippen molar-refractivity contribution >= 4 is 21.4 Å². The normalized spacial score (nSPS) is 16.1. The molecule has 0 atom stereocenters. The summed E-state index contributed by atoms with van der Waals surface area (Å²) in [6.45, 7) is 0.780. The van der Waals surface area contributed by atoms with Crippen LogP contribution in [0.2, 0.25) is 0 Å². The lowest BCUT2D eigenvalue weighted by Gasteiger charge is -2.31. The summed E-state index contributed by atoms with van der Waals surface area (Å²) in [6, 6.07) is 4.29. The number of halogens is 3. The second kappa shape index (κ2) is 4.59. The Bertz CT molecular complexity index is 584. The summed E-state index contributed by atoms with van der Waals surface area (Å²) < 4.78 is 61.5. The fourth-order valence-corrected chi connectivity index (χ4v) is 2.49. The second-order valence-corrected chi connectivity index (χ2v) is 5.95. The number of aryl methyl sites for hydroxylation is 1. The van der Waals surface area contributed by atoms with Gasteiger partial charge in [-0.15, -0.1) is 5.69 Å². The lowest BCUT2D eigenvalue weighted by molar-refractivity contribution is -0.0425. The highest BCUT2D eigenvalue weighted by Crippen LogP contribution is 2.37. The number of benzene rings is 1. The molecule has 19 heavy (non-hydrogen) atoms. The van der Waals surface area contributed by atoms with E-state index in [-0.39, 0.29) is 5.69 Å². The summed E-state index contributed by atoms with van der Waals surface area (Å²) in [5.41, 5.74) is -3.86. The maximum absolute atomic E-state index is 12.2. The van der Waals surface area contributed by atoms with Gasteiger partial charge in [0.1, 0.15) is 0 Å². The highest BCUT2D eigenvalue weighted by Gasteiger charge is 2.39. The third-order valence-corrected chi connectivity index (χ3v) is 3.97. The number of anilines is 1. The van der Waals surface area contributed by atoms with Crippen molar-refractivity contribution in [3.05, 3.63) is 28.5 Å². The largest absolute Gasteiger partial charge is 0.569 e. The maximum Gasteiger partial charge on any atom is 0.483 e. The van der Waals surface area contributed by atoms with E-state index >= 15 is 0 Å². The first-order chi connectivity index (χ1) is 8.71. The standard InChI is InChI=1S/C11H12F3N2O2S/c1-16-6-2-3-8-4-5-9(7-10(8)16)15-19(17,18)11(12,13)14/h4-5,7H,2-3,6H2,1H3/q-1. The summed E-state index contributed by atoms with van der Waals surface area (Å²) in [6.07, 6.45) is 1.78. The summed E-state index contributed by atoms with van der Waals surface area (Å²) in [7, 11) is -3.68. The van der Waals surface area contributed by atoms with Gasteiger partial charge >= 0.3 is 5.51 Å². The van der Waals surface area contributed by atoms with Crippen LogP contribution in [0.4, 0.5) is 24.5 Å². The molecular weight excluding hydrogens is 281 g/mol. The van der Waals surface area contributed by atoms with Crippen LogP contribution in [-0.4, -0.2) is 27.5 Å². The van der Waals surface area contributed by atoms with Crippen LogP contribution in [0.25, 0.3) is 4.72 Å². The molecule has 106 valence electrons. The number of hydrogen-bond donors (Lipinski definition) is 0. The number of fused-ring (bicyclic) bond motifs is 1. The van der Waals surface area contributed by atoms with Gasteiger partial charge in [-0.25, -0.2) is 8.42 Å². The van der Waals surface area contributed by atoms with E-state index in [1.54, 1.807) is 13.1 Å². The number of sulfonamides is 1. The van der Waals surface area contributed by atoms with Crippen LogP contribution in [0, 0.1) is 0 Å².